The molecule has 0 aromatic carbocycles. The van der Waals surface area contributed by atoms with Crippen molar-refractivity contribution in [3.05, 3.63) is 18.5 Å². The Bertz CT molecular complexity index is 655. The average Bonchev–Trinajstić information content (AvgIpc) is 2.86. The molecule has 1 aliphatic heterocycles. The van der Waals surface area contributed by atoms with Crippen LogP contribution < -0.4 is 5.46 Å². The fraction of sp³-hybridized carbons (Fsp3) is 0.571. The molecular weight excluding hydrogens is 253 g/mol. The van der Waals surface area contributed by atoms with E-state index in [9.17, 15) is 0 Å². The smallest absolute Gasteiger partial charge is 0.399 e. The van der Waals surface area contributed by atoms with Crippen molar-refractivity contribution < 1.29 is 9.31 Å². The van der Waals surface area contributed by atoms with Gasteiger partial charge in [0.2, 0.25) is 0 Å². The minimum Gasteiger partial charge on any atom is -0.399 e. The summed E-state index contributed by atoms with van der Waals surface area (Å²) in [6, 6.07) is 2.04. The van der Waals surface area contributed by atoms with Gasteiger partial charge in [-0.1, -0.05) is 6.92 Å². The maximum Gasteiger partial charge on any atom is 0.496 e. The van der Waals surface area contributed by atoms with Gasteiger partial charge in [0.15, 0.2) is 5.65 Å². The van der Waals surface area contributed by atoms with Crippen molar-refractivity contribution in [1.82, 2.24) is 14.8 Å². The van der Waals surface area contributed by atoms with Gasteiger partial charge in [-0.15, -0.1) is 0 Å². The lowest BCUT2D eigenvalue weighted by atomic mass is 9.80. The first-order valence-corrected chi connectivity index (χ1v) is 6.99. The minimum atomic E-state index is -0.368. The molecule has 106 valence electrons. The first-order valence-electron chi connectivity index (χ1n) is 6.99. The number of hydrogen-bond donors (Lipinski definition) is 0. The Labute approximate surface area is 119 Å². The lowest BCUT2D eigenvalue weighted by Gasteiger charge is -2.35. The molecule has 0 bridgehead atoms. The maximum absolute atomic E-state index is 6.17. The molecule has 0 spiro atoms. The molecule has 3 heterocycles. The van der Waals surface area contributed by atoms with Crippen LogP contribution in [0.15, 0.2) is 18.5 Å². The van der Waals surface area contributed by atoms with Crippen LogP contribution in [0.1, 0.15) is 34.1 Å². The second-order valence-electron chi connectivity index (χ2n) is 6.15. The summed E-state index contributed by atoms with van der Waals surface area (Å²) in [5, 5.41) is 5.28. The van der Waals surface area contributed by atoms with Crippen molar-refractivity contribution >= 4 is 23.6 Å². The first kappa shape index (κ1) is 13.6. The van der Waals surface area contributed by atoms with Crippen LogP contribution in [0, 0.1) is 0 Å². The van der Waals surface area contributed by atoms with Crippen molar-refractivity contribution in [3.8, 4) is 0 Å². The van der Waals surface area contributed by atoms with Crippen LogP contribution in [0.25, 0.3) is 11.0 Å². The van der Waals surface area contributed by atoms with Gasteiger partial charge in [-0.25, -0.2) is 4.98 Å². The Morgan fingerprint density at radius 1 is 1.30 bits per heavy atom. The Morgan fingerprint density at radius 3 is 2.70 bits per heavy atom. The van der Waals surface area contributed by atoms with Gasteiger partial charge in [0.05, 0.1) is 11.2 Å². The van der Waals surface area contributed by atoms with E-state index in [2.05, 4.69) is 37.8 Å². The second kappa shape index (κ2) is 4.30. The lowest BCUT2D eigenvalue weighted by Crippen LogP contribution is -2.44. The van der Waals surface area contributed by atoms with E-state index in [0.29, 0.717) is 0 Å². The number of aromatic nitrogens is 3. The molecule has 1 atom stereocenters. The fourth-order valence-corrected chi connectivity index (χ4v) is 2.62. The van der Waals surface area contributed by atoms with E-state index in [1.807, 2.05) is 19.3 Å². The molecule has 1 aliphatic rings. The fourth-order valence-electron chi connectivity index (χ4n) is 2.62. The summed E-state index contributed by atoms with van der Waals surface area (Å²) >= 11 is 0. The lowest BCUT2D eigenvalue weighted by molar-refractivity contribution is -0.0118. The third-order valence-corrected chi connectivity index (χ3v) is 4.48. The number of nitrogens with zero attached hydrogens (tertiary/aromatic N) is 3. The molecule has 2 aromatic heterocycles. The van der Waals surface area contributed by atoms with Gasteiger partial charge < -0.3 is 9.31 Å². The standard InChI is InChI=1S/C14H20BN3O2/c1-6-14(4)13(2,3)19-15(20-14)11-7-10-9-18(5)17-12(10)16-8-11/h7-9H,6H2,1-5H3. The average molecular weight is 273 g/mol. The van der Waals surface area contributed by atoms with Crippen LogP contribution in [0.3, 0.4) is 0 Å². The van der Waals surface area contributed by atoms with E-state index >= 15 is 0 Å². The summed E-state index contributed by atoms with van der Waals surface area (Å²) < 4.78 is 14.0. The molecule has 0 saturated carbocycles. The molecule has 0 aliphatic carbocycles. The molecule has 0 N–H and O–H groups in total. The van der Waals surface area contributed by atoms with Crippen molar-refractivity contribution in [2.45, 2.75) is 45.3 Å². The third kappa shape index (κ3) is 1.94. The molecule has 20 heavy (non-hydrogen) atoms. The molecule has 2 aromatic rings. The molecule has 3 rings (SSSR count). The SMILES string of the molecule is CCC1(C)OB(c2cnc3nn(C)cc3c2)OC1(C)C. The highest BCUT2D eigenvalue weighted by molar-refractivity contribution is 6.62. The molecular formula is C14H20BN3O2. The van der Waals surface area contributed by atoms with Gasteiger partial charge in [0.25, 0.3) is 0 Å². The maximum atomic E-state index is 6.17. The van der Waals surface area contributed by atoms with Crippen molar-refractivity contribution in [1.29, 1.82) is 0 Å². The molecule has 0 radical (unpaired) electrons. The molecule has 0 amide bonds. The summed E-state index contributed by atoms with van der Waals surface area (Å²) in [6.45, 7) is 8.37. The first-order chi connectivity index (χ1) is 9.34. The topological polar surface area (TPSA) is 49.2 Å². The number of hydrogen-bond acceptors (Lipinski definition) is 4. The van der Waals surface area contributed by atoms with Gasteiger partial charge in [-0.3, -0.25) is 4.68 Å². The number of fused-ring (bicyclic) bond motifs is 1. The predicted molar refractivity (Wildman–Crippen MR) is 78.8 cm³/mol. The van der Waals surface area contributed by atoms with Gasteiger partial charge in [0.1, 0.15) is 0 Å². The van der Waals surface area contributed by atoms with Gasteiger partial charge >= 0.3 is 7.12 Å². The quantitative estimate of drug-likeness (QED) is 0.781. The highest BCUT2D eigenvalue weighted by atomic mass is 16.7. The summed E-state index contributed by atoms with van der Waals surface area (Å²) in [4.78, 5) is 4.38. The van der Waals surface area contributed by atoms with Gasteiger partial charge in [-0.2, -0.15) is 5.10 Å². The molecule has 1 saturated heterocycles. The van der Waals surface area contributed by atoms with Crippen LogP contribution >= 0.6 is 0 Å². The number of rotatable bonds is 2. The Balaban J connectivity index is 1.96. The summed E-state index contributed by atoms with van der Waals surface area (Å²) in [5.74, 6) is 0. The van der Waals surface area contributed by atoms with Crippen LogP contribution in [-0.2, 0) is 16.4 Å². The molecule has 1 unspecified atom stereocenters. The molecule has 6 heteroatoms. The molecule has 1 fully saturated rings. The Kier molecular flexibility index (Phi) is 2.92. The van der Waals surface area contributed by atoms with E-state index < -0.39 is 0 Å². The zero-order valence-electron chi connectivity index (χ0n) is 12.7. The zero-order chi connectivity index (χ0) is 14.5. The monoisotopic (exact) mass is 273 g/mol. The normalized spacial score (nSPS) is 25.6. The van der Waals surface area contributed by atoms with Gasteiger partial charge in [-0.05, 0) is 33.3 Å². The van der Waals surface area contributed by atoms with Crippen LogP contribution in [0.5, 0.6) is 0 Å². The summed E-state index contributed by atoms with van der Waals surface area (Å²) in [6.07, 6.45) is 4.64. The summed E-state index contributed by atoms with van der Waals surface area (Å²) in [5.41, 5.74) is 1.07. The van der Waals surface area contributed by atoms with E-state index in [0.717, 1.165) is 22.9 Å². The third-order valence-electron chi connectivity index (χ3n) is 4.48. The van der Waals surface area contributed by atoms with Gasteiger partial charge in [0, 0.05) is 30.3 Å². The highest BCUT2D eigenvalue weighted by Crippen LogP contribution is 2.39. The summed E-state index contributed by atoms with van der Waals surface area (Å²) in [7, 11) is 1.52. The predicted octanol–water partition coefficient (Wildman–Crippen LogP) is 1.66. The Hall–Kier alpha value is -1.40. The largest absolute Gasteiger partial charge is 0.496 e. The molecule has 5 nitrogen and oxygen atoms in total. The van der Waals surface area contributed by atoms with E-state index in [-0.39, 0.29) is 18.3 Å². The van der Waals surface area contributed by atoms with E-state index in [1.54, 1.807) is 10.9 Å². The minimum absolute atomic E-state index is 0.290. The van der Waals surface area contributed by atoms with E-state index in [1.165, 1.54) is 0 Å². The highest BCUT2D eigenvalue weighted by Gasteiger charge is 2.53. The number of aryl methyl sites for hydroxylation is 1. The second-order valence-corrected chi connectivity index (χ2v) is 6.15. The zero-order valence-corrected chi connectivity index (χ0v) is 12.7. The van der Waals surface area contributed by atoms with Crippen molar-refractivity contribution in [2.75, 3.05) is 0 Å². The van der Waals surface area contributed by atoms with Crippen molar-refractivity contribution in [3.63, 3.8) is 0 Å². The number of pyridine rings is 1. The van der Waals surface area contributed by atoms with Crippen LogP contribution in [0.2, 0.25) is 0 Å². The van der Waals surface area contributed by atoms with Crippen LogP contribution in [0.4, 0.5) is 0 Å². The van der Waals surface area contributed by atoms with E-state index in [4.69, 9.17) is 9.31 Å². The Morgan fingerprint density at radius 2 is 2.05 bits per heavy atom. The van der Waals surface area contributed by atoms with Crippen molar-refractivity contribution in [2.24, 2.45) is 7.05 Å². The van der Waals surface area contributed by atoms with Crippen LogP contribution in [-0.4, -0.2) is 33.1 Å².